The minimum atomic E-state index is -4.47. The fourth-order valence-electron chi connectivity index (χ4n) is 3.09. The monoisotopic (exact) mass is 494 g/mol. The van der Waals surface area contributed by atoms with Gasteiger partial charge in [0.25, 0.3) is 0 Å². The van der Waals surface area contributed by atoms with Crippen molar-refractivity contribution >= 4 is 17.9 Å². The maximum atomic E-state index is 14.3. The number of carbonyl (C=O) groups excluding carboxylic acids is 1. The molecule has 9 heteroatoms. The van der Waals surface area contributed by atoms with Crippen LogP contribution in [-0.2, 0) is 17.5 Å². The van der Waals surface area contributed by atoms with Gasteiger partial charge in [-0.05, 0) is 85.5 Å². The number of alkyl halides is 3. The van der Waals surface area contributed by atoms with Gasteiger partial charge in [0, 0.05) is 23.0 Å². The first-order valence-electron chi connectivity index (χ1n) is 10.5. The molecule has 0 unspecified atom stereocenters. The predicted octanol–water partition coefficient (Wildman–Crippen LogP) is 6.68. The Balaban J connectivity index is 1.64. The number of benzene rings is 3. The molecule has 0 saturated carbocycles. The average molecular weight is 495 g/mol. The summed E-state index contributed by atoms with van der Waals surface area (Å²) in [6.45, 7) is 4.06. The highest BCUT2D eigenvalue weighted by molar-refractivity contribution is 7.97. The minimum Gasteiger partial charge on any atom is -0.351 e. The van der Waals surface area contributed by atoms with E-state index < -0.39 is 17.6 Å². The predicted molar refractivity (Wildman–Crippen MR) is 123 cm³/mol. The van der Waals surface area contributed by atoms with E-state index in [-0.39, 0.29) is 36.4 Å². The Morgan fingerprint density at radius 1 is 0.971 bits per heavy atom. The van der Waals surface area contributed by atoms with Gasteiger partial charge in [-0.15, -0.1) is 0 Å². The van der Waals surface area contributed by atoms with E-state index in [2.05, 4.69) is 5.32 Å². The Morgan fingerprint density at radius 2 is 1.62 bits per heavy atom. The van der Waals surface area contributed by atoms with E-state index in [1.165, 1.54) is 54.4 Å². The third-order valence-corrected chi connectivity index (χ3v) is 6.22. The number of rotatable bonds is 8. The van der Waals surface area contributed by atoms with Gasteiger partial charge in [0.15, 0.2) is 0 Å². The van der Waals surface area contributed by atoms with Crippen LogP contribution in [0.3, 0.4) is 0 Å². The first-order chi connectivity index (χ1) is 16.0. The Labute approximate surface area is 199 Å². The first-order valence-corrected chi connectivity index (χ1v) is 11.2. The van der Waals surface area contributed by atoms with Crippen LogP contribution in [0.1, 0.15) is 25.0 Å². The van der Waals surface area contributed by atoms with Gasteiger partial charge in [-0.2, -0.15) is 13.2 Å². The lowest BCUT2D eigenvalue weighted by Gasteiger charge is -2.24. The summed E-state index contributed by atoms with van der Waals surface area (Å²) in [4.78, 5) is 13.3. The van der Waals surface area contributed by atoms with Gasteiger partial charge in [0.2, 0.25) is 5.91 Å². The van der Waals surface area contributed by atoms with E-state index in [0.29, 0.717) is 11.1 Å². The molecule has 0 spiro atoms. The van der Waals surface area contributed by atoms with Crippen LogP contribution in [0.4, 0.5) is 22.0 Å². The SMILES string of the molecule is CC(C)N(CC(=O)NCc1ccc(F)c(-c2ccc(C(F)(F)F)cc2)c1)Sc1ccc(F)cc1. The van der Waals surface area contributed by atoms with Crippen molar-refractivity contribution in [3.8, 4) is 11.1 Å². The lowest BCUT2D eigenvalue weighted by Crippen LogP contribution is -2.36. The second-order valence-corrected chi connectivity index (χ2v) is 9.00. The quantitative estimate of drug-likeness (QED) is 0.280. The van der Waals surface area contributed by atoms with Crippen LogP contribution in [0.15, 0.2) is 71.6 Å². The summed E-state index contributed by atoms with van der Waals surface area (Å²) < 4.78 is 67.7. The van der Waals surface area contributed by atoms with Crippen molar-refractivity contribution in [1.29, 1.82) is 0 Å². The zero-order valence-corrected chi connectivity index (χ0v) is 19.3. The Kier molecular flexibility index (Phi) is 8.33. The minimum absolute atomic E-state index is 0.0258. The zero-order chi connectivity index (χ0) is 24.9. The fourth-order valence-corrected chi connectivity index (χ4v) is 4.01. The van der Waals surface area contributed by atoms with Gasteiger partial charge in [0.05, 0.1) is 12.1 Å². The van der Waals surface area contributed by atoms with Crippen LogP contribution < -0.4 is 5.32 Å². The molecule has 0 aliphatic carbocycles. The molecule has 0 aliphatic heterocycles. The van der Waals surface area contributed by atoms with Crippen molar-refractivity contribution in [2.75, 3.05) is 6.54 Å². The van der Waals surface area contributed by atoms with Crippen molar-refractivity contribution in [1.82, 2.24) is 9.62 Å². The summed E-state index contributed by atoms with van der Waals surface area (Å²) in [5, 5.41) is 2.78. The molecule has 0 radical (unpaired) electrons. The van der Waals surface area contributed by atoms with Gasteiger partial charge in [0.1, 0.15) is 11.6 Å². The standard InChI is InChI=1S/C25H23F5N2OS/c1-16(2)32(34-21-10-8-20(26)9-11-21)15-24(33)31-14-17-3-12-23(27)22(13-17)18-4-6-19(7-5-18)25(28,29)30/h3-13,16H,14-15H2,1-2H3,(H,31,33). The molecular weight excluding hydrogens is 471 g/mol. The molecule has 1 amide bonds. The highest BCUT2D eigenvalue weighted by Gasteiger charge is 2.30. The van der Waals surface area contributed by atoms with Crippen LogP contribution >= 0.6 is 11.9 Å². The van der Waals surface area contributed by atoms with Crippen LogP contribution in [0.5, 0.6) is 0 Å². The summed E-state index contributed by atoms with van der Waals surface area (Å²) in [5.74, 6) is -1.17. The van der Waals surface area contributed by atoms with Crippen molar-refractivity contribution in [3.63, 3.8) is 0 Å². The molecule has 3 aromatic rings. The van der Waals surface area contributed by atoms with E-state index in [1.54, 1.807) is 12.1 Å². The second-order valence-electron chi connectivity index (χ2n) is 7.88. The van der Waals surface area contributed by atoms with Crippen molar-refractivity contribution in [2.24, 2.45) is 0 Å². The van der Waals surface area contributed by atoms with Gasteiger partial charge in [-0.25, -0.2) is 13.1 Å². The second kappa shape index (κ2) is 11.0. The fraction of sp³-hybridized carbons (Fsp3) is 0.240. The molecule has 0 bridgehead atoms. The van der Waals surface area contributed by atoms with Gasteiger partial charge < -0.3 is 5.32 Å². The van der Waals surface area contributed by atoms with Gasteiger partial charge in [-0.1, -0.05) is 18.2 Å². The number of nitrogens with zero attached hydrogens (tertiary/aromatic N) is 1. The first kappa shape index (κ1) is 25.7. The summed E-state index contributed by atoms with van der Waals surface area (Å²) >= 11 is 1.34. The smallest absolute Gasteiger partial charge is 0.351 e. The van der Waals surface area contributed by atoms with Gasteiger partial charge >= 0.3 is 6.18 Å². The Hall–Kier alpha value is -2.91. The lowest BCUT2D eigenvalue weighted by atomic mass is 10.0. The molecule has 0 saturated heterocycles. The summed E-state index contributed by atoms with van der Waals surface area (Å²) in [6, 6.07) is 14.5. The van der Waals surface area contributed by atoms with E-state index >= 15 is 0 Å². The molecule has 0 atom stereocenters. The van der Waals surface area contributed by atoms with Crippen LogP contribution in [0, 0.1) is 11.6 Å². The number of amides is 1. The Bertz CT molecular complexity index is 1120. The van der Waals surface area contributed by atoms with E-state index in [4.69, 9.17) is 0 Å². The maximum absolute atomic E-state index is 14.3. The van der Waals surface area contributed by atoms with Gasteiger partial charge in [-0.3, -0.25) is 4.79 Å². The molecular formula is C25H23F5N2OS. The molecule has 3 rings (SSSR count). The van der Waals surface area contributed by atoms with E-state index in [0.717, 1.165) is 17.0 Å². The van der Waals surface area contributed by atoms with Crippen LogP contribution in [0.25, 0.3) is 11.1 Å². The molecule has 0 fully saturated rings. The lowest BCUT2D eigenvalue weighted by molar-refractivity contribution is -0.137. The molecule has 0 aromatic heterocycles. The highest BCUT2D eigenvalue weighted by Crippen LogP contribution is 2.32. The summed E-state index contributed by atoms with van der Waals surface area (Å²) in [7, 11) is 0. The van der Waals surface area contributed by atoms with Crippen LogP contribution in [0.2, 0.25) is 0 Å². The number of nitrogens with one attached hydrogen (secondary N) is 1. The number of carbonyl (C=O) groups is 1. The highest BCUT2D eigenvalue weighted by atomic mass is 32.2. The summed E-state index contributed by atoms with van der Waals surface area (Å²) in [6.07, 6.45) is -4.47. The molecule has 0 heterocycles. The van der Waals surface area contributed by atoms with Crippen molar-refractivity contribution in [3.05, 3.63) is 89.5 Å². The molecule has 3 aromatic carbocycles. The van der Waals surface area contributed by atoms with Crippen LogP contribution in [-0.4, -0.2) is 22.8 Å². The van der Waals surface area contributed by atoms with Crippen molar-refractivity contribution in [2.45, 2.75) is 37.5 Å². The molecule has 1 N–H and O–H groups in total. The normalized spacial score (nSPS) is 11.8. The number of hydrogen-bond acceptors (Lipinski definition) is 3. The molecule has 0 aliphatic rings. The molecule has 180 valence electrons. The Morgan fingerprint density at radius 3 is 2.21 bits per heavy atom. The zero-order valence-electron chi connectivity index (χ0n) is 18.5. The number of hydrogen-bond donors (Lipinski definition) is 1. The largest absolute Gasteiger partial charge is 0.416 e. The number of halogens is 5. The van der Waals surface area contributed by atoms with E-state index in [1.807, 2.05) is 18.2 Å². The third-order valence-electron chi connectivity index (χ3n) is 4.96. The molecule has 34 heavy (non-hydrogen) atoms. The van der Waals surface area contributed by atoms with E-state index in [9.17, 15) is 26.7 Å². The van der Waals surface area contributed by atoms with Crippen molar-refractivity contribution < 1.29 is 26.7 Å². The topological polar surface area (TPSA) is 32.3 Å². The average Bonchev–Trinajstić information content (AvgIpc) is 2.79. The summed E-state index contributed by atoms with van der Waals surface area (Å²) in [5.41, 5.74) is 0.247. The third kappa shape index (κ3) is 7.04. The maximum Gasteiger partial charge on any atom is 0.416 e. The molecule has 3 nitrogen and oxygen atoms in total.